The number of aliphatic carboxylic acids is 1. The zero-order chi connectivity index (χ0) is 19.5. The Bertz CT molecular complexity index is 549. The molecule has 2 rings (SSSR count). The summed E-state index contributed by atoms with van der Waals surface area (Å²) in [6.07, 6.45) is 2.99. The van der Waals surface area contributed by atoms with E-state index in [1.807, 2.05) is 0 Å². The van der Waals surface area contributed by atoms with Crippen LogP contribution in [0.5, 0.6) is 0 Å². The minimum Gasteiger partial charge on any atom is -0.481 e. The molecule has 0 aliphatic heterocycles. The zero-order valence-electron chi connectivity index (χ0n) is 15.5. The molecule has 0 radical (unpaired) electrons. The first kappa shape index (κ1) is 20.6. The predicted molar refractivity (Wildman–Crippen MR) is 95.5 cm³/mol. The van der Waals surface area contributed by atoms with Gasteiger partial charge in [0.05, 0.1) is 5.92 Å². The average molecular weight is 369 g/mol. The van der Waals surface area contributed by atoms with Gasteiger partial charge in [0.2, 0.25) is 11.8 Å². The number of carbonyl (C=O) groups excluding carboxylic acids is 2. The van der Waals surface area contributed by atoms with Crippen LogP contribution in [0.25, 0.3) is 0 Å². The van der Waals surface area contributed by atoms with E-state index in [9.17, 15) is 19.5 Å². The van der Waals surface area contributed by atoms with E-state index in [-0.39, 0.29) is 24.3 Å². The van der Waals surface area contributed by atoms with Crippen LogP contribution in [0.15, 0.2) is 0 Å². The van der Waals surface area contributed by atoms with E-state index in [0.717, 1.165) is 6.42 Å². The summed E-state index contributed by atoms with van der Waals surface area (Å²) in [5.41, 5.74) is 11.5. The lowest BCUT2D eigenvalue weighted by Crippen LogP contribution is -2.58. The van der Waals surface area contributed by atoms with E-state index < -0.39 is 30.1 Å². The Labute approximate surface area is 153 Å². The van der Waals surface area contributed by atoms with Gasteiger partial charge in [-0.3, -0.25) is 19.7 Å². The molecule has 4 unspecified atom stereocenters. The largest absolute Gasteiger partial charge is 0.481 e. The minimum atomic E-state index is -0.923. The van der Waals surface area contributed by atoms with Crippen LogP contribution in [0.4, 0.5) is 0 Å². The fourth-order valence-electron chi connectivity index (χ4n) is 3.73. The molecule has 0 spiro atoms. The molecule has 4 atom stereocenters. The highest BCUT2D eigenvalue weighted by Gasteiger charge is 2.45. The molecule has 9 heteroatoms. The monoisotopic (exact) mass is 369 g/mol. The number of carbonyl (C=O) groups is 3. The van der Waals surface area contributed by atoms with Crippen molar-refractivity contribution in [2.75, 3.05) is 6.54 Å². The SMILES string of the molecule is CC(=O)NC(C(=O)NCCC1(C)CC1)C1CC(C(=O)O)CC1NC(N)N. The van der Waals surface area contributed by atoms with Crippen LogP contribution >= 0.6 is 0 Å². The molecule has 148 valence electrons. The number of rotatable bonds is 9. The van der Waals surface area contributed by atoms with Crippen molar-refractivity contribution in [2.24, 2.45) is 28.7 Å². The van der Waals surface area contributed by atoms with Gasteiger partial charge in [0.1, 0.15) is 12.3 Å². The van der Waals surface area contributed by atoms with E-state index in [1.54, 1.807) is 0 Å². The summed E-state index contributed by atoms with van der Waals surface area (Å²) in [4.78, 5) is 35.7. The van der Waals surface area contributed by atoms with Crippen LogP contribution in [0.3, 0.4) is 0 Å². The van der Waals surface area contributed by atoms with Crippen molar-refractivity contribution >= 4 is 17.8 Å². The molecule has 2 saturated carbocycles. The lowest BCUT2D eigenvalue weighted by atomic mass is 9.92. The Kier molecular flexibility index (Phi) is 6.59. The van der Waals surface area contributed by atoms with Crippen LogP contribution in [-0.2, 0) is 14.4 Å². The van der Waals surface area contributed by atoms with Crippen LogP contribution in [-0.4, -0.2) is 47.8 Å². The maximum atomic E-state index is 12.7. The van der Waals surface area contributed by atoms with Crippen molar-refractivity contribution in [3.05, 3.63) is 0 Å². The Morgan fingerprint density at radius 1 is 1.23 bits per heavy atom. The zero-order valence-corrected chi connectivity index (χ0v) is 15.5. The van der Waals surface area contributed by atoms with Crippen molar-refractivity contribution in [3.63, 3.8) is 0 Å². The summed E-state index contributed by atoms with van der Waals surface area (Å²) in [5, 5.41) is 17.9. The number of amides is 2. The average Bonchev–Trinajstić information content (AvgIpc) is 3.10. The van der Waals surface area contributed by atoms with Crippen LogP contribution in [0, 0.1) is 17.3 Å². The van der Waals surface area contributed by atoms with Crippen LogP contribution in [0.2, 0.25) is 0 Å². The molecular formula is C17H31N5O4. The number of carboxylic acid groups (broad SMARTS) is 1. The molecule has 2 aliphatic carbocycles. The fourth-order valence-corrected chi connectivity index (χ4v) is 3.73. The summed E-state index contributed by atoms with van der Waals surface area (Å²) >= 11 is 0. The lowest BCUT2D eigenvalue weighted by molar-refractivity contribution is -0.141. The topological polar surface area (TPSA) is 160 Å². The Morgan fingerprint density at radius 3 is 2.38 bits per heavy atom. The Balaban J connectivity index is 2.06. The summed E-state index contributed by atoms with van der Waals surface area (Å²) in [6, 6.07) is -1.18. The van der Waals surface area contributed by atoms with Crippen molar-refractivity contribution in [3.8, 4) is 0 Å². The van der Waals surface area contributed by atoms with Crippen molar-refractivity contribution in [2.45, 2.75) is 64.3 Å². The van der Waals surface area contributed by atoms with Gasteiger partial charge in [-0.2, -0.15) is 0 Å². The maximum absolute atomic E-state index is 12.7. The van der Waals surface area contributed by atoms with Gasteiger partial charge in [-0.15, -0.1) is 0 Å². The predicted octanol–water partition coefficient (Wildman–Crippen LogP) is -0.932. The highest BCUT2D eigenvalue weighted by molar-refractivity contribution is 5.87. The molecule has 2 aliphatic rings. The Morgan fingerprint density at radius 2 is 1.88 bits per heavy atom. The van der Waals surface area contributed by atoms with E-state index in [1.165, 1.54) is 19.8 Å². The van der Waals surface area contributed by atoms with Gasteiger partial charge in [0.25, 0.3) is 0 Å². The second-order valence-electron chi connectivity index (χ2n) is 8.00. The van der Waals surface area contributed by atoms with E-state index >= 15 is 0 Å². The second kappa shape index (κ2) is 8.32. The van der Waals surface area contributed by atoms with Crippen molar-refractivity contribution in [1.29, 1.82) is 0 Å². The van der Waals surface area contributed by atoms with Gasteiger partial charge in [0, 0.05) is 25.4 Å². The summed E-state index contributed by atoms with van der Waals surface area (Å²) < 4.78 is 0. The van der Waals surface area contributed by atoms with Gasteiger partial charge >= 0.3 is 5.97 Å². The molecule has 2 amide bonds. The molecule has 8 N–H and O–H groups in total. The summed E-state index contributed by atoms with van der Waals surface area (Å²) in [7, 11) is 0. The van der Waals surface area contributed by atoms with Gasteiger partial charge in [-0.05, 0) is 37.5 Å². The first-order chi connectivity index (χ1) is 12.1. The molecule has 0 bridgehead atoms. The third kappa shape index (κ3) is 5.65. The van der Waals surface area contributed by atoms with Gasteiger partial charge in [-0.1, -0.05) is 6.92 Å². The van der Waals surface area contributed by atoms with Gasteiger partial charge in [-0.25, -0.2) is 0 Å². The standard InChI is InChI=1S/C17H31N5O4/c1-9(23)21-13(14(24)20-6-5-17(2)3-4-17)11-7-10(15(25)26)8-12(11)22-16(18)19/h10-13,16,22H,3-8,18-19H2,1-2H3,(H,20,24)(H,21,23)(H,25,26). The van der Waals surface area contributed by atoms with Gasteiger partial charge in [0.15, 0.2) is 0 Å². The summed E-state index contributed by atoms with van der Waals surface area (Å²) in [6.45, 7) is 4.06. The Hall–Kier alpha value is -1.71. The van der Waals surface area contributed by atoms with E-state index in [4.69, 9.17) is 11.5 Å². The molecule has 0 aromatic heterocycles. The first-order valence-electron chi connectivity index (χ1n) is 9.16. The van der Waals surface area contributed by atoms with E-state index in [0.29, 0.717) is 18.4 Å². The highest BCUT2D eigenvalue weighted by atomic mass is 16.4. The smallest absolute Gasteiger partial charge is 0.306 e. The molecule has 9 nitrogen and oxygen atoms in total. The van der Waals surface area contributed by atoms with Crippen molar-refractivity contribution in [1.82, 2.24) is 16.0 Å². The third-order valence-corrected chi connectivity index (χ3v) is 5.57. The quantitative estimate of drug-likeness (QED) is 0.286. The maximum Gasteiger partial charge on any atom is 0.306 e. The highest BCUT2D eigenvalue weighted by Crippen LogP contribution is 2.47. The second-order valence-corrected chi connectivity index (χ2v) is 8.00. The third-order valence-electron chi connectivity index (χ3n) is 5.57. The number of nitrogens with one attached hydrogen (secondary N) is 3. The minimum absolute atomic E-state index is 0.274. The lowest BCUT2D eigenvalue weighted by Gasteiger charge is -2.30. The molecule has 0 saturated heterocycles. The molecule has 0 aromatic rings. The molecule has 0 aromatic carbocycles. The van der Waals surface area contributed by atoms with Crippen molar-refractivity contribution < 1.29 is 19.5 Å². The van der Waals surface area contributed by atoms with Crippen LogP contribution in [0.1, 0.15) is 46.0 Å². The van der Waals surface area contributed by atoms with E-state index in [2.05, 4.69) is 22.9 Å². The molecular weight excluding hydrogens is 338 g/mol. The number of hydrogen-bond donors (Lipinski definition) is 6. The molecule has 26 heavy (non-hydrogen) atoms. The van der Waals surface area contributed by atoms with Gasteiger partial charge < -0.3 is 27.2 Å². The fraction of sp³-hybridized carbons (Fsp3) is 0.824. The first-order valence-corrected chi connectivity index (χ1v) is 9.16. The molecule has 2 fully saturated rings. The van der Waals surface area contributed by atoms with Crippen LogP contribution < -0.4 is 27.4 Å². The normalized spacial score (nSPS) is 27.8. The number of carboxylic acids is 1. The number of hydrogen-bond acceptors (Lipinski definition) is 6. The number of nitrogens with two attached hydrogens (primary N) is 2. The summed E-state index contributed by atoms with van der Waals surface area (Å²) in [5.74, 6) is -2.56. The molecule has 0 heterocycles.